The van der Waals surface area contributed by atoms with Crippen LogP contribution >= 0.6 is 24.4 Å². The molecule has 0 bridgehead atoms. The number of thiol groups is 1. The minimum absolute atomic E-state index is 0.0522. The maximum atomic E-state index is 15.1. The van der Waals surface area contributed by atoms with Crippen LogP contribution in [0, 0.1) is 17.0 Å². The molecule has 0 aromatic carbocycles. The summed E-state index contributed by atoms with van der Waals surface area (Å²) in [5.74, 6) is -2.44. The number of rotatable bonds is 8. The molecule has 3 aromatic rings. The number of pyridine rings is 3. The SMILES string of the molecule is COc1ncc(Cl)cc1[N+](O)(S)Nc1ncc(F)c(COc2cnc(N)c(C(C)=N)c2)c1F. The number of nitrogens with two attached hydrogens (primary N) is 1. The first kappa shape index (κ1) is 24.4. The van der Waals surface area contributed by atoms with Gasteiger partial charge in [0.1, 0.15) is 31.0 Å². The van der Waals surface area contributed by atoms with E-state index in [4.69, 9.17) is 32.2 Å². The predicted octanol–water partition coefficient (Wildman–Crippen LogP) is 3.93. The summed E-state index contributed by atoms with van der Waals surface area (Å²) in [6, 6.07) is 2.72. The Morgan fingerprint density at radius 1 is 1.27 bits per heavy atom. The third-order valence-electron chi connectivity index (χ3n) is 4.34. The van der Waals surface area contributed by atoms with Gasteiger partial charge in [-0.3, -0.25) is 0 Å². The first-order valence-electron chi connectivity index (χ1n) is 9.13. The normalized spacial score (nSPS) is 12.7. The van der Waals surface area contributed by atoms with E-state index in [2.05, 4.69) is 33.2 Å². The number of nitrogens with zero attached hydrogens (tertiary/aromatic N) is 4. The van der Waals surface area contributed by atoms with Gasteiger partial charge in [0.2, 0.25) is 5.82 Å². The van der Waals surface area contributed by atoms with Crippen LogP contribution in [0.15, 0.2) is 30.7 Å². The van der Waals surface area contributed by atoms with Crippen LogP contribution in [0.1, 0.15) is 18.1 Å². The van der Waals surface area contributed by atoms with Crippen molar-refractivity contribution in [1.82, 2.24) is 19.1 Å². The minimum Gasteiger partial charge on any atom is -0.487 e. The molecule has 5 N–H and O–H groups in total. The number of nitrogen functional groups attached to an aromatic ring is 1. The van der Waals surface area contributed by atoms with Crippen molar-refractivity contribution in [3.63, 3.8) is 0 Å². The van der Waals surface area contributed by atoms with Crippen molar-refractivity contribution in [3.8, 4) is 11.6 Å². The Bertz CT molecular complexity index is 1220. The molecule has 0 saturated carbocycles. The number of ether oxygens (including phenoxy) is 2. The fourth-order valence-electron chi connectivity index (χ4n) is 2.71. The Hall–Kier alpha value is -3.26. The lowest BCUT2D eigenvalue weighted by Crippen LogP contribution is -2.42. The summed E-state index contributed by atoms with van der Waals surface area (Å²) in [7, 11) is 1.30. The quantitative estimate of drug-likeness (QED) is 0.136. The van der Waals surface area contributed by atoms with Crippen LogP contribution in [0.2, 0.25) is 5.02 Å². The topological polar surface area (TPSA) is 139 Å². The van der Waals surface area contributed by atoms with Gasteiger partial charge in [-0.1, -0.05) is 11.6 Å². The number of nitrogens with one attached hydrogen (secondary N) is 2. The van der Waals surface area contributed by atoms with Gasteiger partial charge in [0, 0.05) is 27.7 Å². The number of hydrogen-bond acceptors (Lipinski definition) is 10. The Morgan fingerprint density at radius 2 is 2.00 bits per heavy atom. The molecule has 1 unspecified atom stereocenters. The fourth-order valence-corrected chi connectivity index (χ4v) is 3.10. The number of methoxy groups -OCH3 is 1. The summed E-state index contributed by atoms with van der Waals surface area (Å²) in [6.07, 6.45) is 3.29. The zero-order valence-corrected chi connectivity index (χ0v) is 19.0. The molecule has 0 aliphatic heterocycles. The molecule has 33 heavy (non-hydrogen) atoms. The van der Waals surface area contributed by atoms with E-state index in [1.807, 2.05) is 0 Å². The summed E-state index contributed by atoms with van der Waals surface area (Å²) in [4.78, 5) is 11.4. The van der Waals surface area contributed by atoms with Gasteiger partial charge >= 0.3 is 0 Å². The largest absolute Gasteiger partial charge is 0.487 e. The van der Waals surface area contributed by atoms with E-state index in [1.54, 1.807) is 0 Å². The molecule has 0 radical (unpaired) electrons. The van der Waals surface area contributed by atoms with Crippen molar-refractivity contribution >= 4 is 47.5 Å². The number of quaternary nitrogens is 1. The molecule has 0 fully saturated rings. The van der Waals surface area contributed by atoms with Gasteiger partial charge in [-0.15, -0.1) is 0 Å². The number of anilines is 2. The van der Waals surface area contributed by atoms with Crippen molar-refractivity contribution in [3.05, 3.63) is 58.5 Å². The van der Waals surface area contributed by atoms with Gasteiger partial charge < -0.3 is 20.6 Å². The highest BCUT2D eigenvalue weighted by atomic mass is 35.5. The van der Waals surface area contributed by atoms with Crippen LogP contribution in [0.25, 0.3) is 0 Å². The Kier molecular flexibility index (Phi) is 7.17. The van der Waals surface area contributed by atoms with Crippen LogP contribution in [-0.4, -0.2) is 33.0 Å². The van der Waals surface area contributed by atoms with Gasteiger partial charge in [0.15, 0.2) is 11.6 Å². The molecule has 0 amide bonds. The van der Waals surface area contributed by atoms with Crippen LogP contribution < -0.4 is 24.8 Å². The van der Waals surface area contributed by atoms with Crippen molar-refractivity contribution in [2.45, 2.75) is 13.5 Å². The zero-order chi connectivity index (χ0) is 24.3. The van der Waals surface area contributed by atoms with E-state index in [9.17, 15) is 9.60 Å². The van der Waals surface area contributed by atoms with E-state index >= 15 is 4.39 Å². The second-order valence-electron chi connectivity index (χ2n) is 6.66. The molecule has 3 heterocycles. The third kappa shape index (κ3) is 5.39. The van der Waals surface area contributed by atoms with Crippen molar-refractivity contribution in [2.24, 2.45) is 0 Å². The van der Waals surface area contributed by atoms with Gasteiger partial charge in [0.25, 0.3) is 11.6 Å². The van der Waals surface area contributed by atoms with Gasteiger partial charge in [0.05, 0.1) is 30.1 Å². The Morgan fingerprint density at radius 3 is 2.67 bits per heavy atom. The lowest BCUT2D eigenvalue weighted by Gasteiger charge is -2.23. The Balaban J connectivity index is 1.88. The molecular formula is C19H19ClF2N7O3S+. The second kappa shape index (κ2) is 9.70. The lowest BCUT2D eigenvalue weighted by atomic mass is 10.2. The monoisotopic (exact) mass is 498 g/mol. The zero-order valence-electron chi connectivity index (χ0n) is 17.3. The van der Waals surface area contributed by atoms with Crippen LogP contribution in [0.3, 0.4) is 0 Å². The molecule has 0 aliphatic carbocycles. The highest BCUT2D eigenvalue weighted by molar-refractivity contribution is 7.79. The first-order chi connectivity index (χ1) is 15.5. The molecule has 0 spiro atoms. The van der Waals surface area contributed by atoms with E-state index in [-0.39, 0.29) is 33.9 Å². The smallest absolute Gasteiger partial charge is 0.283 e. The highest BCUT2D eigenvalue weighted by Gasteiger charge is 2.34. The van der Waals surface area contributed by atoms with Gasteiger partial charge in [-0.2, -0.15) is 10.6 Å². The molecule has 0 aliphatic rings. The van der Waals surface area contributed by atoms with Crippen molar-refractivity contribution in [1.29, 1.82) is 5.41 Å². The number of halogens is 3. The molecule has 3 rings (SSSR count). The standard InChI is InChI=1S/C19H19ClF2N7O3S/c1-9(23)12-4-11(6-25-17(12)24)32-8-13-14(21)7-26-18(16(13)22)28-29(30,33)15-3-10(20)5-27-19(15)31-2/h3-7,23,30,33H,8H2,1-2H3,(H2,24,25)(H,26,28)/q+1. The van der Waals surface area contributed by atoms with Gasteiger partial charge in [-0.05, 0) is 13.0 Å². The summed E-state index contributed by atoms with van der Waals surface area (Å²) in [5.41, 5.74) is 7.93. The molecule has 3 aromatic heterocycles. The second-order valence-corrected chi connectivity index (χ2v) is 7.68. The van der Waals surface area contributed by atoms with E-state index in [0.717, 1.165) is 6.20 Å². The average molecular weight is 499 g/mol. The van der Waals surface area contributed by atoms with Gasteiger partial charge in [-0.25, -0.2) is 23.7 Å². The molecule has 0 saturated heterocycles. The van der Waals surface area contributed by atoms with Crippen molar-refractivity contribution < 1.29 is 23.5 Å². The lowest BCUT2D eigenvalue weighted by molar-refractivity contribution is 0.0490. The maximum Gasteiger partial charge on any atom is 0.283 e. The first-order valence-corrected chi connectivity index (χ1v) is 9.91. The Labute approximate surface area is 197 Å². The average Bonchev–Trinajstić information content (AvgIpc) is 2.76. The molecule has 10 nitrogen and oxygen atoms in total. The van der Waals surface area contributed by atoms with Crippen LogP contribution in [0.4, 0.5) is 26.1 Å². The highest BCUT2D eigenvalue weighted by Crippen LogP contribution is 2.35. The summed E-state index contributed by atoms with van der Waals surface area (Å²) < 4.78 is 38.4. The maximum absolute atomic E-state index is 15.1. The van der Waals surface area contributed by atoms with Crippen molar-refractivity contribution in [2.75, 3.05) is 18.3 Å². The predicted molar refractivity (Wildman–Crippen MR) is 122 cm³/mol. The van der Waals surface area contributed by atoms with Crippen LogP contribution in [0.5, 0.6) is 11.6 Å². The molecular weight excluding hydrogens is 480 g/mol. The van der Waals surface area contributed by atoms with E-state index in [0.29, 0.717) is 5.56 Å². The van der Waals surface area contributed by atoms with E-state index in [1.165, 1.54) is 38.6 Å². The fraction of sp³-hybridized carbons (Fsp3) is 0.158. The summed E-state index contributed by atoms with van der Waals surface area (Å²) in [6.45, 7) is 0.968. The summed E-state index contributed by atoms with van der Waals surface area (Å²) in [5, 5.41) is 18.6. The number of hydrogen-bond donors (Lipinski definition) is 5. The van der Waals surface area contributed by atoms with E-state index < -0.39 is 33.8 Å². The third-order valence-corrected chi connectivity index (χ3v) is 4.86. The van der Waals surface area contributed by atoms with Crippen LogP contribution in [-0.2, 0) is 6.61 Å². The summed E-state index contributed by atoms with van der Waals surface area (Å²) >= 11 is 9.96. The molecule has 14 heteroatoms. The molecule has 1 atom stereocenters. The molecule has 174 valence electrons. The minimum atomic E-state index is -1.46. The number of aromatic nitrogens is 3.